The Hall–Kier alpha value is -0.370. The fourth-order valence-electron chi connectivity index (χ4n) is 1.14. The van der Waals surface area contributed by atoms with Gasteiger partial charge in [-0.3, -0.25) is 4.79 Å². The summed E-state index contributed by atoms with van der Waals surface area (Å²) in [5, 5.41) is 0. The van der Waals surface area contributed by atoms with E-state index < -0.39 is 4.87 Å². The van der Waals surface area contributed by atoms with Gasteiger partial charge in [-0.05, 0) is 12.8 Å². The number of aldehydes is 1. The van der Waals surface area contributed by atoms with E-state index >= 15 is 0 Å². The van der Waals surface area contributed by atoms with Crippen molar-refractivity contribution in [3.63, 3.8) is 0 Å². The van der Waals surface area contributed by atoms with E-state index in [1.165, 1.54) is 0 Å². The average Bonchev–Trinajstić information content (AvgIpc) is 1.96. The first kappa shape index (κ1) is 7.73. The predicted molar refractivity (Wildman–Crippen MR) is 38.1 cm³/mol. The molecule has 2 nitrogen and oxygen atoms in total. The van der Waals surface area contributed by atoms with Crippen LogP contribution in [0.4, 0.5) is 0 Å². The quantitative estimate of drug-likeness (QED) is 0.329. The summed E-state index contributed by atoms with van der Waals surface area (Å²) in [5.74, 6) is -0.115. The maximum atomic E-state index is 11.0. The SMILES string of the molecule is O=CC1(Cl)CCCCC1=O. The standard InChI is InChI=1S/C7H9ClO2/c8-7(5-9)4-2-1-3-6(7)10/h5H,1-4H2. The van der Waals surface area contributed by atoms with Crippen LogP contribution in [-0.4, -0.2) is 16.9 Å². The molecule has 1 aliphatic rings. The molecule has 3 heteroatoms. The van der Waals surface area contributed by atoms with Crippen LogP contribution in [0.3, 0.4) is 0 Å². The molecule has 56 valence electrons. The highest BCUT2D eigenvalue weighted by molar-refractivity contribution is 6.43. The minimum Gasteiger partial charge on any atom is -0.301 e. The van der Waals surface area contributed by atoms with Crippen LogP contribution in [0.1, 0.15) is 25.7 Å². The van der Waals surface area contributed by atoms with Crippen molar-refractivity contribution < 1.29 is 9.59 Å². The largest absolute Gasteiger partial charge is 0.301 e. The van der Waals surface area contributed by atoms with Crippen molar-refractivity contribution in [1.82, 2.24) is 0 Å². The lowest BCUT2D eigenvalue weighted by Crippen LogP contribution is -2.36. The van der Waals surface area contributed by atoms with Crippen molar-refractivity contribution in [2.24, 2.45) is 0 Å². The van der Waals surface area contributed by atoms with Crippen LogP contribution >= 0.6 is 11.6 Å². The van der Waals surface area contributed by atoms with Gasteiger partial charge in [0.05, 0.1) is 0 Å². The Bertz CT molecular complexity index is 167. The van der Waals surface area contributed by atoms with E-state index in [0.29, 0.717) is 19.1 Å². The molecule has 0 aromatic carbocycles. The summed E-state index contributed by atoms with van der Waals surface area (Å²) in [7, 11) is 0. The molecule has 1 fully saturated rings. The summed E-state index contributed by atoms with van der Waals surface area (Å²) in [6.07, 6.45) is 3.30. The van der Waals surface area contributed by atoms with Crippen molar-refractivity contribution >= 4 is 23.7 Å². The zero-order valence-electron chi connectivity index (χ0n) is 5.60. The van der Waals surface area contributed by atoms with Crippen molar-refractivity contribution in [3.05, 3.63) is 0 Å². The molecule has 0 aromatic rings. The number of Topliss-reactive ketones (excluding diaryl/α,β-unsaturated/α-hetero) is 1. The van der Waals surface area contributed by atoms with Gasteiger partial charge in [0.25, 0.3) is 0 Å². The summed E-state index contributed by atoms with van der Waals surface area (Å²) >= 11 is 5.69. The molecule has 0 aliphatic heterocycles. The Morgan fingerprint density at radius 1 is 1.50 bits per heavy atom. The number of rotatable bonds is 1. The smallest absolute Gasteiger partial charge is 0.160 e. The summed E-state index contributed by atoms with van der Waals surface area (Å²) in [6, 6.07) is 0. The Kier molecular flexibility index (Phi) is 2.09. The number of halogens is 1. The van der Waals surface area contributed by atoms with Crippen LogP contribution in [0.15, 0.2) is 0 Å². The number of hydrogen-bond donors (Lipinski definition) is 0. The summed E-state index contributed by atoms with van der Waals surface area (Å²) in [4.78, 5) is 20.2. The van der Waals surface area contributed by atoms with E-state index in [2.05, 4.69) is 0 Å². The lowest BCUT2D eigenvalue weighted by molar-refractivity contribution is -0.127. The normalized spacial score (nSPS) is 33.9. The van der Waals surface area contributed by atoms with E-state index in [-0.39, 0.29) is 5.78 Å². The zero-order chi connectivity index (χ0) is 7.61. The second-order valence-electron chi connectivity index (χ2n) is 2.61. The van der Waals surface area contributed by atoms with Crippen molar-refractivity contribution in [2.75, 3.05) is 0 Å². The minimum absolute atomic E-state index is 0.115. The average molecular weight is 161 g/mol. The van der Waals surface area contributed by atoms with E-state index in [4.69, 9.17) is 11.6 Å². The Morgan fingerprint density at radius 3 is 2.60 bits per heavy atom. The molecule has 1 unspecified atom stereocenters. The molecule has 0 aromatic heterocycles. The van der Waals surface area contributed by atoms with Gasteiger partial charge in [0.2, 0.25) is 0 Å². The molecule has 1 saturated carbocycles. The molecule has 0 spiro atoms. The molecule has 1 atom stereocenters. The Morgan fingerprint density at radius 2 is 2.20 bits per heavy atom. The lowest BCUT2D eigenvalue weighted by Gasteiger charge is -2.22. The number of alkyl halides is 1. The fraction of sp³-hybridized carbons (Fsp3) is 0.714. The minimum atomic E-state index is -1.17. The number of carbonyl (C=O) groups is 2. The second kappa shape index (κ2) is 2.70. The molecular weight excluding hydrogens is 152 g/mol. The molecule has 0 radical (unpaired) electrons. The van der Waals surface area contributed by atoms with Crippen molar-refractivity contribution in [2.45, 2.75) is 30.6 Å². The van der Waals surface area contributed by atoms with Gasteiger partial charge in [0.15, 0.2) is 10.7 Å². The molecular formula is C7H9ClO2. The molecule has 0 N–H and O–H groups in total. The maximum absolute atomic E-state index is 11.0. The van der Waals surface area contributed by atoms with Gasteiger partial charge >= 0.3 is 0 Å². The van der Waals surface area contributed by atoms with Gasteiger partial charge < -0.3 is 4.79 Å². The van der Waals surface area contributed by atoms with Crippen LogP contribution in [0.5, 0.6) is 0 Å². The maximum Gasteiger partial charge on any atom is 0.160 e. The first-order valence-corrected chi connectivity index (χ1v) is 3.75. The number of hydrogen-bond acceptors (Lipinski definition) is 2. The van der Waals surface area contributed by atoms with Crippen molar-refractivity contribution in [3.8, 4) is 0 Å². The van der Waals surface area contributed by atoms with Crippen molar-refractivity contribution in [1.29, 1.82) is 0 Å². The molecule has 0 amide bonds. The summed E-state index contributed by atoms with van der Waals surface area (Å²) in [5.41, 5.74) is 0. The van der Waals surface area contributed by atoms with Gasteiger partial charge in [-0.25, -0.2) is 0 Å². The monoisotopic (exact) mass is 160 g/mol. The van der Waals surface area contributed by atoms with Gasteiger partial charge in [-0.1, -0.05) is 6.42 Å². The van der Waals surface area contributed by atoms with Gasteiger partial charge in [-0.2, -0.15) is 0 Å². The van der Waals surface area contributed by atoms with Gasteiger partial charge in [-0.15, -0.1) is 11.6 Å². The highest BCUT2D eigenvalue weighted by atomic mass is 35.5. The third-order valence-corrected chi connectivity index (χ3v) is 2.33. The topological polar surface area (TPSA) is 34.1 Å². The molecule has 0 saturated heterocycles. The van der Waals surface area contributed by atoms with Crippen LogP contribution in [0.25, 0.3) is 0 Å². The molecule has 1 rings (SSSR count). The van der Waals surface area contributed by atoms with E-state index in [0.717, 1.165) is 12.8 Å². The van der Waals surface area contributed by atoms with Crippen LogP contribution < -0.4 is 0 Å². The van der Waals surface area contributed by atoms with Gasteiger partial charge in [0.1, 0.15) is 6.29 Å². The molecule has 0 bridgehead atoms. The molecule has 10 heavy (non-hydrogen) atoms. The highest BCUT2D eigenvalue weighted by Gasteiger charge is 2.37. The zero-order valence-corrected chi connectivity index (χ0v) is 6.36. The predicted octanol–water partition coefficient (Wildman–Crippen LogP) is 1.31. The molecule has 0 heterocycles. The molecule has 1 aliphatic carbocycles. The fourth-order valence-corrected chi connectivity index (χ4v) is 1.37. The second-order valence-corrected chi connectivity index (χ2v) is 3.29. The Labute approximate surface area is 64.5 Å². The Balaban J connectivity index is 2.72. The lowest BCUT2D eigenvalue weighted by atomic mass is 9.88. The number of ketones is 1. The highest BCUT2D eigenvalue weighted by Crippen LogP contribution is 2.28. The first-order valence-electron chi connectivity index (χ1n) is 3.37. The summed E-state index contributed by atoms with van der Waals surface area (Å²) in [6.45, 7) is 0. The number of carbonyl (C=O) groups excluding carboxylic acids is 2. The third kappa shape index (κ3) is 1.21. The van der Waals surface area contributed by atoms with E-state index in [1.54, 1.807) is 0 Å². The first-order chi connectivity index (χ1) is 4.69. The van der Waals surface area contributed by atoms with Crippen LogP contribution in [-0.2, 0) is 9.59 Å². The van der Waals surface area contributed by atoms with Crippen LogP contribution in [0.2, 0.25) is 0 Å². The van der Waals surface area contributed by atoms with E-state index in [9.17, 15) is 9.59 Å². The summed E-state index contributed by atoms with van der Waals surface area (Å²) < 4.78 is 0. The third-order valence-electron chi connectivity index (χ3n) is 1.84. The van der Waals surface area contributed by atoms with Gasteiger partial charge in [0, 0.05) is 6.42 Å². The van der Waals surface area contributed by atoms with Crippen LogP contribution in [0, 0.1) is 0 Å². The van der Waals surface area contributed by atoms with E-state index in [1.807, 2.05) is 0 Å².